The average molecular weight is 302 g/mol. The Kier molecular flexibility index (Phi) is 3.57. The predicted octanol–water partition coefficient (Wildman–Crippen LogP) is 2.41. The van der Waals surface area contributed by atoms with Gasteiger partial charge in [-0.1, -0.05) is 36.4 Å². The summed E-state index contributed by atoms with van der Waals surface area (Å²) in [6, 6.07) is 14.6. The molecule has 21 heavy (non-hydrogen) atoms. The topological polar surface area (TPSA) is 63.4 Å². The largest absolute Gasteiger partial charge is 0.324 e. The lowest BCUT2D eigenvalue weighted by atomic mass is 10.1. The zero-order valence-electron chi connectivity index (χ0n) is 11.9. The quantitative estimate of drug-likeness (QED) is 0.947. The number of rotatable bonds is 3. The Balaban J connectivity index is 1.88. The van der Waals surface area contributed by atoms with E-state index in [1.54, 1.807) is 24.3 Å². The van der Waals surface area contributed by atoms with E-state index in [4.69, 9.17) is 5.73 Å². The lowest BCUT2D eigenvalue weighted by Crippen LogP contribution is -2.25. The van der Waals surface area contributed by atoms with Crippen molar-refractivity contribution < 1.29 is 8.42 Å². The van der Waals surface area contributed by atoms with Gasteiger partial charge >= 0.3 is 0 Å². The van der Waals surface area contributed by atoms with Crippen LogP contribution in [0.15, 0.2) is 53.4 Å². The molecule has 1 aliphatic rings. The number of fused-ring (bicyclic) bond motifs is 1. The normalized spacial score (nSPS) is 16.7. The van der Waals surface area contributed by atoms with E-state index < -0.39 is 10.0 Å². The fraction of sp³-hybridized carbons (Fsp3) is 0.250. The second-order valence-electron chi connectivity index (χ2n) is 5.40. The molecule has 3 rings (SSSR count). The highest BCUT2D eigenvalue weighted by molar-refractivity contribution is 7.89. The lowest BCUT2D eigenvalue weighted by molar-refractivity contribution is 0.431. The lowest BCUT2D eigenvalue weighted by Gasteiger charge is -2.16. The first-order valence-electron chi connectivity index (χ1n) is 6.91. The molecule has 1 aliphatic heterocycles. The van der Waals surface area contributed by atoms with Gasteiger partial charge in [-0.05, 0) is 35.7 Å². The van der Waals surface area contributed by atoms with Crippen molar-refractivity contribution in [3.63, 3.8) is 0 Å². The molecule has 0 aromatic heterocycles. The zero-order valence-corrected chi connectivity index (χ0v) is 12.7. The van der Waals surface area contributed by atoms with E-state index in [-0.39, 0.29) is 6.04 Å². The molecule has 2 aromatic carbocycles. The Bertz CT molecular complexity index is 727. The van der Waals surface area contributed by atoms with Gasteiger partial charge in [0.25, 0.3) is 0 Å². The second-order valence-corrected chi connectivity index (χ2v) is 7.34. The third-order valence-electron chi connectivity index (χ3n) is 3.86. The van der Waals surface area contributed by atoms with Crippen LogP contribution in [-0.2, 0) is 23.1 Å². The summed E-state index contributed by atoms with van der Waals surface area (Å²) in [5.41, 5.74) is 8.88. The van der Waals surface area contributed by atoms with Gasteiger partial charge in [0.15, 0.2) is 0 Å². The fourth-order valence-electron chi connectivity index (χ4n) is 2.56. The second kappa shape index (κ2) is 5.26. The van der Waals surface area contributed by atoms with Crippen LogP contribution in [0.5, 0.6) is 0 Å². The highest BCUT2D eigenvalue weighted by Crippen LogP contribution is 2.28. The maximum Gasteiger partial charge on any atom is 0.243 e. The molecular formula is C16H18N2O2S. The molecule has 1 unspecified atom stereocenters. The van der Waals surface area contributed by atoms with Crippen LogP contribution in [0.25, 0.3) is 0 Å². The first kappa shape index (κ1) is 14.3. The van der Waals surface area contributed by atoms with Gasteiger partial charge in [0.05, 0.1) is 4.90 Å². The smallest absolute Gasteiger partial charge is 0.243 e. The monoisotopic (exact) mass is 302 g/mol. The molecule has 2 N–H and O–H groups in total. The van der Waals surface area contributed by atoms with Gasteiger partial charge in [0.1, 0.15) is 0 Å². The van der Waals surface area contributed by atoms with E-state index in [1.165, 1.54) is 4.31 Å². The van der Waals surface area contributed by atoms with Crippen LogP contribution in [-0.4, -0.2) is 12.7 Å². The van der Waals surface area contributed by atoms with E-state index in [1.807, 2.05) is 31.2 Å². The molecule has 4 nitrogen and oxygen atoms in total. The number of nitrogens with two attached hydrogens (primary N) is 1. The molecule has 1 heterocycles. The zero-order chi connectivity index (χ0) is 15.0. The van der Waals surface area contributed by atoms with Gasteiger partial charge in [0, 0.05) is 19.1 Å². The van der Waals surface area contributed by atoms with Gasteiger partial charge in [-0.15, -0.1) is 0 Å². The van der Waals surface area contributed by atoms with Crippen LogP contribution >= 0.6 is 0 Å². The molecule has 0 radical (unpaired) electrons. The average Bonchev–Trinajstić information content (AvgIpc) is 2.92. The van der Waals surface area contributed by atoms with E-state index in [0.717, 1.165) is 16.7 Å². The predicted molar refractivity (Wildman–Crippen MR) is 81.9 cm³/mol. The van der Waals surface area contributed by atoms with Crippen LogP contribution in [0.3, 0.4) is 0 Å². The molecule has 0 aliphatic carbocycles. The summed E-state index contributed by atoms with van der Waals surface area (Å²) in [7, 11) is -3.46. The van der Waals surface area contributed by atoms with Crippen molar-refractivity contribution in [3.8, 4) is 0 Å². The fourth-order valence-corrected chi connectivity index (χ4v) is 3.96. The highest BCUT2D eigenvalue weighted by atomic mass is 32.2. The van der Waals surface area contributed by atoms with Crippen LogP contribution in [0.2, 0.25) is 0 Å². The standard InChI is InChI=1S/C16H18N2O2S/c1-12(17)13-6-8-16(9-7-13)21(19,20)18-10-14-4-2-3-5-15(14)11-18/h2-9,12H,10-11,17H2,1H3. The summed E-state index contributed by atoms with van der Waals surface area (Å²) in [5, 5.41) is 0. The van der Waals surface area contributed by atoms with Gasteiger partial charge in [-0.2, -0.15) is 4.31 Å². The van der Waals surface area contributed by atoms with Crippen molar-refractivity contribution in [3.05, 3.63) is 65.2 Å². The van der Waals surface area contributed by atoms with Crippen molar-refractivity contribution in [2.75, 3.05) is 0 Å². The summed E-state index contributed by atoms with van der Waals surface area (Å²) in [5.74, 6) is 0. The summed E-state index contributed by atoms with van der Waals surface area (Å²) in [6.07, 6.45) is 0. The molecule has 0 fully saturated rings. The maximum absolute atomic E-state index is 12.7. The van der Waals surface area contributed by atoms with Crippen molar-refractivity contribution >= 4 is 10.0 Å². The summed E-state index contributed by atoms with van der Waals surface area (Å²) < 4.78 is 26.9. The van der Waals surface area contributed by atoms with Gasteiger partial charge < -0.3 is 5.73 Å². The van der Waals surface area contributed by atoms with Crippen LogP contribution < -0.4 is 5.73 Å². The molecule has 0 amide bonds. The number of sulfonamides is 1. The Labute approximate surface area is 125 Å². The molecule has 110 valence electrons. The van der Waals surface area contributed by atoms with Crippen LogP contribution in [0.1, 0.15) is 29.7 Å². The third-order valence-corrected chi connectivity index (χ3v) is 5.66. The summed E-state index contributed by atoms with van der Waals surface area (Å²) >= 11 is 0. The third kappa shape index (κ3) is 2.60. The molecule has 5 heteroatoms. The minimum absolute atomic E-state index is 0.0993. The molecule has 0 spiro atoms. The Morgan fingerprint density at radius 2 is 1.52 bits per heavy atom. The summed E-state index contributed by atoms with van der Waals surface area (Å²) in [6.45, 7) is 2.75. The van der Waals surface area contributed by atoms with E-state index in [2.05, 4.69) is 0 Å². The number of hydrogen-bond donors (Lipinski definition) is 1. The van der Waals surface area contributed by atoms with Gasteiger partial charge in [0.2, 0.25) is 10.0 Å². The molecule has 0 bridgehead atoms. The highest BCUT2D eigenvalue weighted by Gasteiger charge is 2.30. The van der Waals surface area contributed by atoms with E-state index in [9.17, 15) is 8.42 Å². The summed E-state index contributed by atoms with van der Waals surface area (Å²) in [4.78, 5) is 0.319. The molecule has 1 atom stereocenters. The van der Waals surface area contributed by atoms with Crippen LogP contribution in [0, 0.1) is 0 Å². The van der Waals surface area contributed by atoms with Gasteiger partial charge in [-0.25, -0.2) is 8.42 Å². The molecule has 2 aromatic rings. The van der Waals surface area contributed by atoms with Crippen molar-refractivity contribution in [1.29, 1.82) is 0 Å². The number of benzene rings is 2. The number of hydrogen-bond acceptors (Lipinski definition) is 3. The number of nitrogens with zero attached hydrogens (tertiary/aromatic N) is 1. The SMILES string of the molecule is CC(N)c1ccc(S(=O)(=O)N2Cc3ccccc3C2)cc1. The Hall–Kier alpha value is -1.69. The molecular weight excluding hydrogens is 284 g/mol. The molecule has 0 saturated heterocycles. The minimum Gasteiger partial charge on any atom is -0.324 e. The minimum atomic E-state index is -3.46. The first-order valence-corrected chi connectivity index (χ1v) is 8.35. The van der Waals surface area contributed by atoms with Crippen LogP contribution in [0.4, 0.5) is 0 Å². The Morgan fingerprint density at radius 3 is 2.00 bits per heavy atom. The maximum atomic E-state index is 12.7. The van der Waals surface area contributed by atoms with Crippen molar-refractivity contribution in [2.24, 2.45) is 5.73 Å². The Morgan fingerprint density at radius 1 is 1.00 bits per heavy atom. The first-order chi connectivity index (χ1) is 9.98. The van der Waals surface area contributed by atoms with Gasteiger partial charge in [-0.3, -0.25) is 0 Å². The van der Waals surface area contributed by atoms with E-state index >= 15 is 0 Å². The molecule has 0 saturated carbocycles. The van der Waals surface area contributed by atoms with Crippen molar-refractivity contribution in [1.82, 2.24) is 4.31 Å². The van der Waals surface area contributed by atoms with Crippen molar-refractivity contribution in [2.45, 2.75) is 31.0 Å². The van der Waals surface area contributed by atoms with E-state index in [0.29, 0.717) is 18.0 Å².